The van der Waals surface area contributed by atoms with Crippen LogP contribution in [0.5, 0.6) is 0 Å². The highest BCUT2D eigenvalue weighted by atomic mass is 31.2. The van der Waals surface area contributed by atoms with Crippen LogP contribution < -0.4 is 42.5 Å². The predicted molar refractivity (Wildman–Crippen MR) is 213 cm³/mol. The molecule has 2 amide bonds. The first-order valence-electron chi connectivity index (χ1n) is 17.6. The van der Waals surface area contributed by atoms with E-state index in [-0.39, 0.29) is 23.9 Å². The average molecular weight is 723 g/mol. The van der Waals surface area contributed by atoms with Crippen molar-refractivity contribution in [2.45, 2.75) is 37.8 Å². The Morgan fingerprint density at radius 2 is 0.673 bits per heavy atom. The SMILES string of the molecule is O=C(N[C@@H]1CCCC[C@H]1NC(=O)c1ccccc1P(=O)(c1ccccc1)c1ccccc1)c1ccccc1P(=O)(c1ccccc1)c1ccccc1. The van der Waals surface area contributed by atoms with E-state index in [2.05, 4.69) is 10.6 Å². The van der Waals surface area contributed by atoms with Crippen molar-refractivity contribution < 1.29 is 18.7 Å². The van der Waals surface area contributed by atoms with E-state index in [1.54, 1.807) is 36.4 Å². The lowest BCUT2D eigenvalue weighted by Crippen LogP contribution is -2.54. The van der Waals surface area contributed by atoms with Crippen LogP contribution in [0.3, 0.4) is 0 Å². The summed E-state index contributed by atoms with van der Waals surface area (Å²) < 4.78 is 30.5. The minimum atomic E-state index is -3.43. The van der Waals surface area contributed by atoms with Crippen molar-refractivity contribution in [3.8, 4) is 0 Å². The molecule has 0 heterocycles. The first kappa shape index (κ1) is 35.1. The number of benzene rings is 6. The van der Waals surface area contributed by atoms with Crippen LogP contribution in [0.25, 0.3) is 0 Å². The van der Waals surface area contributed by atoms with E-state index < -0.39 is 14.3 Å². The lowest BCUT2D eigenvalue weighted by molar-refractivity contribution is 0.0864. The van der Waals surface area contributed by atoms with E-state index in [0.29, 0.717) is 55.8 Å². The topological polar surface area (TPSA) is 92.3 Å². The van der Waals surface area contributed by atoms with Crippen molar-refractivity contribution in [2.24, 2.45) is 0 Å². The quantitative estimate of drug-likeness (QED) is 0.160. The van der Waals surface area contributed by atoms with Gasteiger partial charge in [0.2, 0.25) is 0 Å². The number of hydrogen-bond acceptors (Lipinski definition) is 4. The van der Waals surface area contributed by atoms with Gasteiger partial charge in [0.05, 0.1) is 11.1 Å². The number of amides is 2. The number of nitrogens with one attached hydrogen (secondary N) is 2. The van der Waals surface area contributed by atoms with E-state index in [1.165, 1.54) is 0 Å². The van der Waals surface area contributed by atoms with Crippen LogP contribution in [-0.2, 0) is 9.13 Å². The molecule has 0 unspecified atom stereocenters. The second-order valence-corrected chi connectivity index (χ2v) is 18.5. The third-order valence-corrected chi connectivity index (χ3v) is 16.1. The Balaban J connectivity index is 1.19. The van der Waals surface area contributed by atoms with Crippen molar-refractivity contribution in [3.05, 3.63) is 181 Å². The summed E-state index contributed by atoms with van der Waals surface area (Å²) in [4.78, 5) is 28.5. The normalized spacial score (nSPS) is 16.1. The molecule has 0 aromatic heterocycles. The Kier molecular flexibility index (Phi) is 10.5. The van der Waals surface area contributed by atoms with Crippen LogP contribution in [-0.4, -0.2) is 23.9 Å². The van der Waals surface area contributed by atoms with Gasteiger partial charge in [0.25, 0.3) is 11.8 Å². The second-order valence-electron chi connectivity index (χ2n) is 13.0. The molecular weight excluding hydrogens is 682 g/mol. The summed E-state index contributed by atoms with van der Waals surface area (Å²) in [6.45, 7) is 0. The van der Waals surface area contributed by atoms with Gasteiger partial charge in [-0.2, -0.15) is 0 Å². The highest BCUT2D eigenvalue weighted by molar-refractivity contribution is 7.86. The maximum absolute atomic E-state index is 15.3. The highest BCUT2D eigenvalue weighted by Gasteiger charge is 2.37. The Hall–Kier alpha value is -5.28. The standard InChI is InChI=1S/C44H40N2O4P2/c47-43(37-27-13-17-31-41(37)51(49,33-19-5-1-6-20-33)34-21-7-2-8-22-34)45-39-29-15-16-30-40(39)46-44(48)38-28-14-18-32-42(38)52(50,35-23-9-3-10-24-35)36-25-11-4-12-26-36/h1-14,17-28,31-32,39-40H,15-16,29-30H2,(H,45,47)(H,46,48)/t39-,40-/m1/s1. The maximum Gasteiger partial charge on any atom is 0.252 e. The molecule has 0 aliphatic heterocycles. The van der Waals surface area contributed by atoms with Crippen molar-refractivity contribution >= 4 is 57.9 Å². The molecule has 2 atom stereocenters. The highest BCUT2D eigenvalue weighted by Crippen LogP contribution is 2.44. The first-order valence-corrected chi connectivity index (χ1v) is 21.1. The first-order chi connectivity index (χ1) is 25.4. The minimum Gasteiger partial charge on any atom is -0.347 e. The maximum atomic E-state index is 15.3. The Morgan fingerprint density at radius 3 is 0.981 bits per heavy atom. The molecule has 260 valence electrons. The molecule has 1 saturated carbocycles. The minimum absolute atomic E-state index is 0.339. The fourth-order valence-electron chi connectivity index (χ4n) is 7.26. The molecule has 1 aliphatic rings. The Morgan fingerprint density at radius 1 is 0.404 bits per heavy atom. The van der Waals surface area contributed by atoms with Crippen LogP contribution >= 0.6 is 14.3 Å². The molecule has 7 rings (SSSR count). The Labute approximate surface area is 305 Å². The molecule has 0 bridgehead atoms. The van der Waals surface area contributed by atoms with Crippen molar-refractivity contribution in [2.75, 3.05) is 0 Å². The molecule has 1 fully saturated rings. The van der Waals surface area contributed by atoms with E-state index in [1.807, 2.05) is 133 Å². The van der Waals surface area contributed by atoms with Crippen LogP contribution in [0.15, 0.2) is 170 Å². The van der Waals surface area contributed by atoms with E-state index in [9.17, 15) is 9.59 Å². The third kappa shape index (κ3) is 6.85. The van der Waals surface area contributed by atoms with Crippen LogP contribution in [0.4, 0.5) is 0 Å². The van der Waals surface area contributed by atoms with Crippen molar-refractivity contribution in [1.82, 2.24) is 10.6 Å². The third-order valence-electron chi connectivity index (χ3n) is 9.85. The number of carbonyl (C=O) groups is 2. The van der Waals surface area contributed by atoms with Crippen LogP contribution in [0.2, 0.25) is 0 Å². The fraction of sp³-hybridized carbons (Fsp3) is 0.136. The molecule has 2 N–H and O–H groups in total. The van der Waals surface area contributed by atoms with Gasteiger partial charge in [0.1, 0.15) is 0 Å². The molecule has 0 saturated heterocycles. The number of hydrogen-bond donors (Lipinski definition) is 2. The fourth-order valence-corrected chi connectivity index (χ4v) is 13.0. The van der Waals surface area contributed by atoms with E-state index in [0.717, 1.165) is 12.8 Å². The van der Waals surface area contributed by atoms with Crippen molar-refractivity contribution in [3.63, 3.8) is 0 Å². The van der Waals surface area contributed by atoms with Gasteiger partial charge in [-0.3, -0.25) is 9.59 Å². The van der Waals surface area contributed by atoms with Gasteiger partial charge < -0.3 is 19.8 Å². The number of carbonyl (C=O) groups excluding carboxylic acids is 2. The summed E-state index contributed by atoms with van der Waals surface area (Å²) in [6.07, 6.45) is 3.11. The Bertz CT molecular complexity index is 2010. The molecule has 52 heavy (non-hydrogen) atoms. The lowest BCUT2D eigenvalue weighted by atomic mass is 9.89. The zero-order chi connectivity index (χ0) is 36.0. The van der Waals surface area contributed by atoms with Crippen LogP contribution in [0, 0.1) is 0 Å². The molecule has 0 radical (unpaired) electrons. The average Bonchev–Trinajstić information content (AvgIpc) is 3.22. The summed E-state index contributed by atoms with van der Waals surface area (Å²) in [7, 11) is -6.86. The molecule has 6 aromatic rings. The summed E-state index contributed by atoms with van der Waals surface area (Å²) in [5, 5.41) is 9.96. The van der Waals surface area contributed by atoms with Gasteiger partial charge in [0, 0.05) is 43.9 Å². The summed E-state index contributed by atoms with van der Waals surface area (Å²) >= 11 is 0. The summed E-state index contributed by atoms with van der Waals surface area (Å²) in [5.41, 5.74) is 0.678. The molecular formula is C44H40N2O4P2. The van der Waals surface area contributed by atoms with Gasteiger partial charge in [-0.25, -0.2) is 0 Å². The monoisotopic (exact) mass is 722 g/mol. The largest absolute Gasteiger partial charge is 0.347 e. The zero-order valence-corrected chi connectivity index (χ0v) is 30.5. The lowest BCUT2D eigenvalue weighted by Gasteiger charge is -2.33. The van der Waals surface area contributed by atoms with Gasteiger partial charge >= 0.3 is 0 Å². The smallest absolute Gasteiger partial charge is 0.252 e. The zero-order valence-electron chi connectivity index (χ0n) is 28.7. The molecule has 6 aromatic carbocycles. The molecule has 8 heteroatoms. The second kappa shape index (κ2) is 15.5. The summed E-state index contributed by atoms with van der Waals surface area (Å²) in [6, 6.07) is 50.7. The van der Waals surface area contributed by atoms with Crippen LogP contribution in [0.1, 0.15) is 46.4 Å². The van der Waals surface area contributed by atoms with E-state index in [4.69, 9.17) is 0 Å². The predicted octanol–water partition coefficient (Wildman–Crippen LogP) is 6.44. The molecule has 1 aliphatic carbocycles. The number of rotatable bonds is 10. The van der Waals surface area contributed by atoms with Gasteiger partial charge in [-0.05, 0) is 25.0 Å². The molecule has 6 nitrogen and oxygen atoms in total. The van der Waals surface area contributed by atoms with Gasteiger partial charge in [-0.15, -0.1) is 0 Å². The molecule has 0 spiro atoms. The van der Waals surface area contributed by atoms with Gasteiger partial charge in [0.15, 0.2) is 14.3 Å². The van der Waals surface area contributed by atoms with Gasteiger partial charge in [-0.1, -0.05) is 171 Å². The van der Waals surface area contributed by atoms with Crippen molar-refractivity contribution in [1.29, 1.82) is 0 Å². The summed E-state index contributed by atoms with van der Waals surface area (Å²) in [5.74, 6) is -0.682. The van der Waals surface area contributed by atoms with E-state index >= 15 is 9.13 Å².